The highest BCUT2D eigenvalue weighted by atomic mass is 32.2. The number of aromatic nitrogens is 2. The van der Waals surface area contributed by atoms with E-state index >= 15 is 0 Å². The highest BCUT2D eigenvalue weighted by Crippen LogP contribution is 2.20. The van der Waals surface area contributed by atoms with Gasteiger partial charge in [-0.1, -0.05) is 6.92 Å². The summed E-state index contributed by atoms with van der Waals surface area (Å²) in [6.07, 6.45) is 4.28. The van der Waals surface area contributed by atoms with Crippen LogP contribution in [0.2, 0.25) is 0 Å². The number of nitrogens with one attached hydrogen (secondary N) is 1. The Labute approximate surface area is 170 Å². The maximum Gasteiger partial charge on any atom is 0.321 e. The minimum absolute atomic E-state index is 0.0515. The number of urea groups is 1. The van der Waals surface area contributed by atoms with Crippen LogP contribution in [0, 0.1) is 11.6 Å². The fourth-order valence-corrected chi connectivity index (χ4v) is 4.20. The first-order chi connectivity index (χ1) is 13.9. The van der Waals surface area contributed by atoms with Crippen molar-refractivity contribution in [3.05, 3.63) is 42.2 Å². The van der Waals surface area contributed by atoms with E-state index in [1.807, 2.05) is 11.2 Å². The minimum Gasteiger partial charge on any atom is -0.325 e. The lowest BCUT2D eigenvalue weighted by molar-refractivity contribution is 0.175. The molecule has 10 heteroatoms. The van der Waals surface area contributed by atoms with E-state index in [0.717, 1.165) is 31.0 Å². The van der Waals surface area contributed by atoms with Gasteiger partial charge >= 0.3 is 6.03 Å². The Balaban J connectivity index is 1.58. The van der Waals surface area contributed by atoms with E-state index in [1.54, 1.807) is 11.9 Å². The third kappa shape index (κ3) is 5.33. The number of anilines is 1. The van der Waals surface area contributed by atoms with Gasteiger partial charge < -0.3 is 10.2 Å². The van der Waals surface area contributed by atoms with Gasteiger partial charge in [0, 0.05) is 43.6 Å². The smallest absolute Gasteiger partial charge is 0.321 e. The van der Waals surface area contributed by atoms with Crippen LogP contribution in [0.15, 0.2) is 30.6 Å². The fraction of sp³-hybridized carbons (Fsp3) is 0.421. The van der Waals surface area contributed by atoms with E-state index in [0.29, 0.717) is 24.5 Å². The van der Waals surface area contributed by atoms with Gasteiger partial charge in [0.05, 0.1) is 29.1 Å². The second-order valence-electron chi connectivity index (χ2n) is 6.76. The zero-order valence-corrected chi connectivity index (χ0v) is 17.1. The van der Waals surface area contributed by atoms with Crippen molar-refractivity contribution in [3.8, 4) is 11.4 Å². The molecule has 1 aromatic carbocycles. The fourth-order valence-electron chi connectivity index (χ4n) is 3.22. The molecule has 1 atom stereocenters. The molecule has 0 spiro atoms. The maximum atomic E-state index is 13.3. The van der Waals surface area contributed by atoms with Crippen molar-refractivity contribution >= 4 is 22.7 Å². The van der Waals surface area contributed by atoms with Crippen LogP contribution in [0.5, 0.6) is 0 Å². The quantitative estimate of drug-likeness (QED) is 0.802. The van der Waals surface area contributed by atoms with Crippen LogP contribution in [-0.2, 0) is 11.0 Å². The van der Waals surface area contributed by atoms with E-state index in [9.17, 15) is 17.8 Å². The van der Waals surface area contributed by atoms with Gasteiger partial charge in [0.15, 0.2) is 5.82 Å². The Hall–Kier alpha value is -2.46. The van der Waals surface area contributed by atoms with E-state index < -0.39 is 22.6 Å². The molecule has 1 fully saturated rings. The van der Waals surface area contributed by atoms with Gasteiger partial charge in [0.1, 0.15) is 11.6 Å². The van der Waals surface area contributed by atoms with E-state index in [4.69, 9.17) is 0 Å². The van der Waals surface area contributed by atoms with Crippen molar-refractivity contribution in [1.29, 1.82) is 0 Å². The van der Waals surface area contributed by atoms with Crippen LogP contribution in [-0.4, -0.2) is 61.3 Å². The molecular weight excluding hydrogens is 400 g/mol. The molecule has 0 bridgehead atoms. The predicted molar refractivity (Wildman–Crippen MR) is 107 cm³/mol. The number of piperidine rings is 1. The molecule has 1 N–H and O–H groups in total. The largest absolute Gasteiger partial charge is 0.325 e. The number of nitrogens with zero attached hydrogens (tertiary/aromatic N) is 4. The zero-order chi connectivity index (χ0) is 21.0. The Morgan fingerprint density at radius 1 is 1.21 bits per heavy atom. The summed E-state index contributed by atoms with van der Waals surface area (Å²) < 4.78 is 40.5. The molecule has 1 aliphatic rings. The molecule has 2 amide bonds. The van der Waals surface area contributed by atoms with Crippen molar-refractivity contribution in [3.63, 3.8) is 0 Å². The number of amides is 2. The van der Waals surface area contributed by atoms with E-state index in [1.165, 1.54) is 12.4 Å². The van der Waals surface area contributed by atoms with Crippen LogP contribution in [0.3, 0.4) is 0 Å². The molecule has 0 saturated carbocycles. The molecule has 0 radical (unpaired) electrons. The first-order valence-electron chi connectivity index (χ1n) is 9.33. The summed E-state index contributed by atoms with van der Waals surface area (Å²) in [6, 6.07) is 2.81. The monoisotopic (exact) mass is 423 g/mol. The summed E-state index contributed by atoms with van der Waals surface area (Å²) in [5.41, 5.74) is 0.598. The van der Waals surface area contributed by atoms with Crippen molar-refractivity contribution in [2.24, 2.45) is 0 Å². The molecule has 2 aromatic rings. The number of carbonyl (C=O) groups excluding carboxylic acids is 1. The van der Waals surface area contributed by atoms with E-state index in [-0.39, 0.29) is 23.5 Å². The maximum absolute atomic E-state index is 13.3. The molecule has 7 nitrogen and oxygen atoms in total. The summed E-state index contributed by atoms with van der Waals surface area (Å²) in [5, 5.41) is 2.73. The molecule has 0 aliphatic carbocycles. The summed E-state index contributed by atoms with van der Waals surface area (Å²) >= 11 is 0. The Morgan fingerprint density at radius 2 is 1.79 bits per heavy atom. The van der Waals surface area contributed by atoms with Crippen LogP contribution in [0.4, 0.5) is 19.3 Å². The molecule has 1 aromatic heterocycles. The average molecular weight is 423 g/mol. The second-order valence-corrected chi connectivity index (χ2v) is 8.50. The highest BCUT2D eigenvalue weighted by Gasteiger charge is 2.27. The molecule has 2 heterocycles. The molecule has 29 heavy (non-hydrogen) atoms. The topological polar surface area (TPSA) is 78.4 Å². The van der Waals surface area contributed by atoms with Gasteiger partial charge in [-0.2, -0.15) is 0 Å². The molecule has 156 valence electrons. The van der Waals surface area contributed by atoms with Gasteiger partial charge in [0.2, 0.25) is 0 Å². The SMILES string of the molecule is CCS(=O)N1CCC(N(C)C(=O)Nc2cnc(-c3cc(F)cc(F)c3)nc2)CC1. The summed E-state index contributed by atoms with van der Waals surface area (Å²) in [7, 11) is 0.765. The third-order valence-electron chi connectivity index (χ3n) is 4.85. The van der Waals surface area contributed by atoms with Crippen molar-refractivity contribution in [2.75, 3.05) is 31.2 Å². The van der Waals surface area contributed by atoms with Crippen LogP contribution in [0.25, 0.3) is 11.4 Å². The number of hydrogen-bond donors (Lipinski definition) is 1. The first kappa shape index (κ1) is 21.3. The second kappa shape index (κ2) is 9.36. The normalized spacial score (nSPS) is 16.4. The minimum atomic E-state index is -0.954. The number of rotatable bonds is 5. The Morgan fingerprint density at radius 3 is 2.34 bits per heavy atom. The number of carbonyl (C=O) groups is 1. The van der Waals surface area contributed by atoms with Gasteiger partial charge in [-0.3, -0.25) is 0 Å². The van der Waals surface area contributed by atoms with Crippen molar-refractivity contribution in [2.45, 2.75) is 25.8 Å². The zero-order valence-electron chi connectivity index (χ0n) is 16.3. The number of halogens is 2. The third-order valence-corrected chi connectivity index (χ3v) is 6.29. The van der Waals surface area contributed by atoms with Crippen molar-refractivity contribution < 1.29 is 17.8 Å². The first-order valence-corrected chi connectivity index (χ1v) is 10.6. The molecule has 1 saturated heterocycles. The lowest BCUT2D eigenvalue weighted by Gasteiger charge is -2.35. The highest BCUT2D eigenvalue weighted by molar-refractivity contribution is 7.82. The van der Waals surface area contributed by atoms with Crippen LogP contribution >= 0.6 is 0 Å². The van der Waals surface area contributed by atoms with Crippen LogP contribution < -0.4 is 5.32 Å². The standard InChI is InChI=1S/C19H23F2N5O2S/c1-3-29(28)26-6-4-17(5-7-26)25(2)19(27)24-16-11-22-18(23-12-16)13-8-14(20)10-15(21)9-13/h8-12,17H,3-7H2,1-2H3,(H,24,27). The summed E-state index contributed by atoms with van der Waals surface area (Å²) in [6.45, 7) is 3.26. The van der Waals surface area contributed by atoms with Crippen LogP contribution in [0.1, 0.15) is 19.8 Å². The van der Waals surface area contributed by atoms with E-state index in [2.05, 4.69) is 15.3 Å². The number of hydrogen-bond acceptors (Lipinski definition) is 4. The van der Waals surface area contributed by atoms with Gasteiger partial charge in [-0.25, -0.2) is 32.1 Å². The molecule has 1 aliphatic heterocycles. The lowest BCUT2D eigenvalue weighted by Crippen LogP contribution is -2.47. The number of benzene rings is 1. The summed E-state index contributed by atoms with van der Waals surface area (Å²) in [5.74, 6) is -0.668. The van der Waals surface area contributed by atoms with Gasteiger partial charge in [-0.15, -0.1) is 0 Å². The summed E-state index contributed by atoms with van der Waals surface area (Å²) in [4.78, 5) is 22.3. The predicted octanol–water partition coefficient (Wildman–Crippen LogP) is 3.03. The Kier molecular flexibility index (Phi) is 6.86. The molecule has 3 rings (SSSR count). The van der Waals surface area contributed by atoms with Gasteiger partial charge in [-0.05, 0) is 25.0 Å². The average Bonchev–Trinajstić information content (AvgIpc) is 2.72. The molecule has 1 unspecified atom stereocenters. The molecular formula is C19H23F2N5O2S. The van der Waals surface area contributed by atoms with Gasteiger partial charge in [0.25, 0.3) is 0 Å². The van der Waals surface area contributed by atoms with Crippen molar-refractivity contribution in [1.82, 2.24) is 19.2 Å². The Bertz CT molecular complexity index is 868. The lowest BCUT2D eigenvalue weighted by atomic mass is 10.1.